The van der Waals surface area contributed by atoms with E-state index in [1.807, 2.05) is 36.4 Å². The number of aliphatic hydroxyl groups is 1. The maximum absolute atomic E-state index is 10.0. The summed E-state index contributed by atoms with van der Waals surface area (Å²) in [6.07, 6.45) is -0.441. The molecule has 0 amide bonds. The highest BCUT2D eigenvalue weighted by atomic mass is 16.3. The van der Waals surface area contributed by atoms with E-state index >= 15 is 0 Å². The Morgan fingerprint density at radius 1 is 0.842 bits per heavy atom. The maximum Gasteiger partial charge on any atom is 0.0914 e. The Balaban J connectivity index is 1.78. The number of rotatable bonds is 6. The van der Waals surface area contributed by atoms with Crippen LogP contribution < -0.4 is 5.32 Å². The Morgan fingerprint density at radius 3 is 1.95 bits per heavy atom. The fourth-order valence-corrected chi connectivity index (χ4v) is 2.13. The molecule has 2 rings (SSSR count). The number of benzene rings is 2. The molecule has 0 aliphatic rings. The zero-order chi connectivity index (χ0) is 13.5. The predicted molar refractivity (Wildman–Crippen MR) is 79.1 cm³/mol. The molecule has 2 aromatic rings. The van der Waals surface area contributed by atoms with E-state index in [0.29, 0.717) is 12.5 Å². The van der Waals surface area contributed by atoms with Crippen LogP contribution in [0.3, 0.4) is 0 Å². The second-order valence-corrected chi connectivity index (χ2v) is 4.90. The summed E-state index contributed by atoms with van der Waals surface area (Å²) in [5.41, 5.74) is 2.28. The molecule has 2 aromatic carbocycles. The van der Waals surface area contributed by atoms with Crippen LogP contribution in [0.1, 0.15) is 30.1 Å². The third-order valence-corrected chi connectivity index (χ3v) is 3.34. The lowest BCUT2D eigenvalue weighted by atomic mass is 10.0. The summed E-state index contributed by atoms with van der Waals surface area (Å²) in [4.78, 5) is 0. The first-order chi connectivity index (χ1) is 9.27. The zero-order valence-electron chi connectivity index (χ0n) is 11.3. The van der Waals surface area contributed by atoms with Gasteiger partial charge in [0.25, 0.3) is 0 Å². The second kappa shape index (κ2) is 7.07. The van der Waals surface area contributed by atoms with E-state index in [9.17, 15) is 5.11 Å². The summed E-state index contributed by atoms with van der Waals surface area (Å²) in [6.45, 7) is 3.65. The molecule has 2 heteroatoms. The van der Waals surface area contributed by atoms with Crippen LogP contribution in [0.15, 0.2) is 60.7 Å². The summed E-state index contributed by atoms with van der Waals surface area (Å²) < 4.78 is 0. The summed E-state index contributed by atoms with van der Waals surface area (Å²) >= 11 is 0. The molecule has 0 bridgehead atoms. The topological polar surface area (TPSA) is 32.3 Å². The molecule has 1 unspecified atom stereocenters. The van der Waals surface area contributed by atoms with Gasteiger partial charge in [0.1, 0.15) is 0 Å². The molecule has 0 saturated heterocycles. The highest BCUT2D eigenvalue weighted by Crippen LogP contribution is 2.14. The molecular weight excluding hydrogens is 234 g/mol. The van der Waals surface area contributed by atoms with Crippen molar-refractivity contribution in [2.45, 2.75) is 18.9 Å². The predicted octanol–water partition coefficient (Wildman–Crippen LogP) is 3.11. The lowest BCUT2D eigenvalue weighted by Crippen LogP contribution is -2.25. The van der Waals surface area contributed by atoms with Crippen LogP contribution in [-0.2, 0) is 0 Å². The van der Waals surface area contributed by atoms with E-state index in [1.165, 1.54) is 5.56 Å². The quantitative estimate of drug-likeness (QED) is 0.831. The molecule has 100 valence electrons. The molecule has 0 aliphatic carbocycles. The smallest absolute Gasteiger partial charge is 0.0914 e. The van der Waals surface area contributed by atoms with Gasteiger partial charge in [0, 0.05) is 13.1 Å². The molecule has 0 aromatic heterocycles. The van der Waals surface area contributed by atoms with Crippen molar-refractivity contribution in [2.75, 3.05) is 13.1 Å². The van der Waals surface area contributed by atoms with Crippen LogP contribution in [0.25, 0.3) is 0 Å². The van der Waals surface area contributed by atoms with Gasteiger partial charge in [-0.2, -0.15) is 0 Å². The zero-order valence-corrected chi connectivity index (χ0v) is 11.3. The number of nitrogens with one attached hydrogen (secondary N) is 1. The van der Waals surface area contributed by atoms with Crippen molar-refractivity contribution in [3.63, 3.8) is 0 Å². The fraction of sp³-hybridized carbons (Fsp3) is 0.294. The first kappa shape index (κ1) is 13.8. The highest BCUT2D eigenvalue weighted by Gasteiger charge is 2.08. The van der Waals surface area contributed by atoms with Crippen molar-refractivity contribution in [3.05, 3.63) is 71.8 Å². The molecule has 2 atom stereocenters. The van der Waals surface area contributed by atoms with Gasteiger partial charge in [-0.05, 0) is 17.0 Å². The highest BCUT2D eigenvalue weighted by molar-refractivity contribution is 5.19. The molecule has 0 spiro atoms. The lowest BCUT2D eigenvalue weighted by molar-refractivity contribution is 0.174. The minimum absolute atomic E-state index is 0.441. The molecular formula is C17H21NO. The van der Waals surface area contributed by atoms with E-state index in [4.69, 9.17) is 0 Å². The monoisotopic (exact) mass is 255 g/mol. The largest absolute Gasteiger partial charge is 0.387 e. The van der Waals surface area contributed by atoms with Crippen molar-refractivity contribution in [1.82, 2.24) is 5.32 Å². The molecule has 0 saturated carbocycles. The van der Waals surface area contributed by atoms with Gasteiger partial charge in [-0.25, -0.2) is 0 Å². The van der Waals surface area contributed by atoms with Gasteiger partial charge in [0.05, 0.1) is 6.10 Å². The van der Waals surface area contributed by atoms with E-state index < -0.39 is 6.10 Å². The Bertz CT molecular complexity index is 424. The van der Waals surface area contributed by atoms with Crippen LogP contribution in [-0.4, -0.2) is 18.2 Å². The molecule has 2 nitrogen and oxygen atoms in total. The Morgan fingerprint density at radius 2 is 1.37 bits per heavy atom. The Labute approximate surface area is 115 Å². The third kappa shape index (κ3) is 4.19. The van der Waals surface area contributed by atoms with Gasteiger partial charge in [-0.1, -0.05) is 67.6 Å². The first-order valence-corrected chi connectivity index (χ1v) is 6.76. The molecule has 2 N–H and O–H groups in total. The standard InChI is InChI=1S/C17H21NO/c1-14(15-8-4-2-5-9-15)12-18-13-17(19)16-10-6-3-7-11-16/h2-11,14,17-19H,12-13H2,1H3/t14?,17-/m0/s1. The number of aliphatic hydroxyl groups excluding tert-OH is 1. The number of hydrogen-bond donors (Lipinski definition) is 2. The van der Waals surface area contributed by atoms with E-state index in [2.05, 4.69) is 36.5 Å². The van der Waals surface area contributed by atoms with Crippen LogP contribution in [0, 0.1) is 0 Å². The second-order valence-electron chi connectivity index (χ2n) is 4.90. The van der Waals surface area contributed by atoms with Gasteiger partial charge in [0.15, 0.2) is 0 Å². The molecule has 0 heterocycles. The third-order valence-electron chi connectivity index (χ3n) is 3.34. The molecule has 0 aliphatic heterocycles. The van der Waals surface area contributed by atoms with Gasteiger partial charge in [-0.3, -0.25) is 0 Å². The summed E-state index contributed by atoms with van der Waals surface area (Å²) in [5, 5.41) is 13.4. The van der Waals surface area contributed by atoms with Gasteiger partial charge >= 0.3 is 0 Å². The molecule has 19 heavy (non-hydrogen) atoms. The average molecular weight is 255 g/mol. The summed E-state index contributed by atoms with van der Waals surface area (Å²) in [6, 6.07) is 20.2. The van der Waals surface area contributed by atoms with Gasteiger partial charge < -0.3 is 10.4 Å². The summed E-state index contributed by atoms with van der Waals surface area (Å²) in [5.74, 6) is 0.448. The van der Waals surface area contributed by atoms with Crippen LogP contribution in [0.4, 0.5) is 0 Å². The molecule has 0 fully saturated rings. The first-order valence-electron chi connectivity index (χ1n) is 6.76. The van der Waals surface area contributed by atoms with Crippen LogP contribution >= 0.6 is 0 Å². The van der Waals surface area contributed by atoms with Crippen molar-refractivity contribution in [1.29, 1.82) is 0 Å². The van der Waals surface area contributed by atoms with Crippen LogP contribution in [0.5, 0.6) is 0 Å². The van der Waals surface area contributed by atoms with E-state index in [0.717, 1.165) is 12.1 Å². The summed E-state index contributed by atoms with van der Waals surface area (Å²) in [7, 11) is 0. The van der Waals surface area contributed by atoms with E-state index in [-0.39, 0.29) is 0 Å². The Hall–Kier alpha value is -1.64. The minimum atomic E-state index is -0.441. The van der Waals surface area contributed by atoms with E-state index in [1.54, 1.807) is 0 Å². The lowest BCUT2D eigenvalue weighted by Gasteiger charge is -2.16. The van der Waals surface area contributed by atoms with Crippen molar-refractivity contribution < 1.29 is 5.11 Å². The van der Waals surface area contributed by atoms with Crippen LogP contribution in [0.2, 0.25) is 0 Å². The van der Waals surface area contributed by atoms with Gasteiger partial charge in [0.2, 0.25) is 0 Å². The molecule has 0 radical (unpaired) electrons. The normalized spacial score (nSPS) is 14.0. The van der Waals surface area contributed by atoms with Crippen molar-refractivity contribution >= 4 is 0 Å². The van der Waals surface area contributed by atoms with Crippen molar-refractivity contribution in [3.8, 4) is 0 Å². The average Bonchev–Trinajstić information content (AvgIpc) is 2.49. The number of hydrogen-bond acceptors (Lipinski definition) is 2. The SMILES string of the molecule is CC(CNC[C@H](O)c1ccccc1)c1ccccc1. The maximum atomic E-state index is 10.0. The Kier molecular flexibility index (Phi) is 5.13. The van der Waals surface area contributed by atoms with Gasteiger partial charge in [-0.15, -0.1) is 0 Å². The van der Waals surface area contributed by atoms with Crippen molar-refractivity contribution in [2.24, 2.45) is 0 Å². The fourth-order valence-electron chi connectivity index (χ4n) is 2.13. The minimum Gasteiger partial charge on any atom is -0.387 e.